The van der Waals surface area contributed by atoms with E-state index in [4.69, 9.17) is 21.1 Å². The normalized spacial score (nSPS) is 30.2. The van der Waals surface area contributed by atoms with Gasteiger partial charge in [0.1, 0.15) is 5.75 Å². The monoisotopic (exact) mass is 697 g/mol. The van der Waals surface area contributed by atoms with E-state index in [-0.39, 0.29) is 23.5 Å². The number of aryl methyl sites for hydroxylation is 1. The van der Waals surface area contributed by atoms with Crippen LogP contribution >= 0.6 is 11.6 Å². The van der Waals surface area contributed by atoms with Crippen molar-refractivity contribution in [2.45, 2.75) is 68.5 Å². The highest BCUT2D eigenvalue weighted by Crippen LogP contribution is 2.48. The fourth-order valence-corrected chi connectivity index (χ4v) is 8.84. The molecule has 0 radical (unpaired) electrons. The lowest BCUT2D eigenvalue weighted by molar-refractivity contribution is -0.139. The van der Waals surface area contributed by atoms with Gasteiger partial charge in [-0.2, -0.15) is 0 Å². The number of nitrogens with one attached hydrogen (secondary N) is 1. The molecule has 0 unspecified atom stereocenters. The van der Waals surface area contributed by atoms with Gasteiger partial charge in [-0.1, -0.05) is 42.5 Å². The summed E-state index contributed by atoms with van der Waals surface area (Å²) < 4.78 is 39.3. The van der Waals surface area contributed by atoms with E-state index in [1.54, 1.807) is 19.2 Å². The Bertz CT molecular complexity index is 1700. The third kappa shape index (κ3) is 6.99. The van der Waals surface area contributed by atoms with Crippen molar-refractivity contribution in [3.8, 4) is 5.75 Å². The maximum absolute atomic E-state index is 13.7. The highest BCUT2D eigenvalue weighted by molar-refractivity contribution is 7.89. The molecular formula is C37H48ClN3O6S. The summed E-state index contributed by atoms with van der Waals surface area (Å²) in [5.41, 5.74) is 1.56. The summed E-state index contributed by atoms with van der Waals surface area (Å²) in [6.07, 6.45) is 11.9. The quantitative estimate of drug-likeness (QED) is 0.416. The summed E-state index contributed by atoms with van der Waals surface area (Å²) in [7, 11) is -0.304. The molecule has 2 aliphatic heterocycles. The molecule has 2 bridgehead atoms. The summed E-state index contributed by atoms with van der Waals surface area (Å²) in [4.78, 5) is 18.0. The molecule has 6 rings (SSSR count). The predicted octanol–water partition coefficient (Wildman–Crippen LogP) is 5.30. The van der Waals surface area contributed by atoms with Crippen molar-refractivity contribution >= 4 is 33.2 Å². The Balaban J connectivity index is 1.48. The molecule has 2 N–H and O–H groups in total. The standard InChI is InChI=1S/C37H48ClN3O6S/c1-25-21-37(43,35(42)39-48(4,44)45)28-12-16-34-32(20-28)41(22-27-11-14-30(27)33(46-3)10-6-5-7-18-40(25)2)23-36(24-47-34)17-8-9-26-19-29(38)13-15-31(26)36/h6,10,12-13,15-16,19-20,27,30,33,43H,1,5,7-9,11,14,17-18,21-24H2,2-4H3,(H,39,42)/b10-6+/t27-,30+,33-,36-,37-/m0/s1. The maximum Gasteiger partial charge on any atom is 0.270 e. The summed E-state index contributed by atoms with van der Waals surface area (Å²) in [6.45, 7) is 6.74. The molecule has 1 spiro atoms. The third-order valence-corrected chi connectivity index (χ3v) is 11.8. The fourth-order valence-electron chi connectivity index (χ4n) is 8.14. The first-order valence-electron chi connectivity index (χ1n) is 17.0. The zero-order chi connectivity index (χ0) is 34.3. The number of sulfonamides is 1. The lowest BCUT2D eigenvalue weighted by Crippen LogP contribution is -2.50. The molecule has 1 saturated carbocycles. The Hall–Kier alpha value is -3.05. The Labute approximate surface area is 290 Å². The van der Waals surface area contributed by atoms with Crippen molar-refractivity contribution in [3.63, 3.8) is 0 Å². The first-order valence-corrected chi connectivity index (χ1v) is 19.2. The Morgan fingerprint density at radius 2 is 2.00 bits per heavy atom. The molecule has 1 amide bonds. The van der Waals surface area contributed by atoms with Crippen LogP contribution in [-0.2, 0) is 37.0 Å². The molecule has 9 nitrogen and oxygen atoms in total. The molecule has 0 saturated heterocycles. The van der Waals surface area contributed by atoms with Crippen LogP contribution in [0.2, 0.25) is 5.02 Å². The van der Waals surface area contributed by atoms with Gasteiger partial charge in [0, 0.05) is 56.3 Å². The van der Waals surface area contributed by atoms with Crippen LogP contribution in [0, 0.1) is 11.8 Å². The van der Waals surface area contributed by atoms with Crippen LogP contribution in [0.3, 0.4) is 0 Å². The number of amides is 1. The Morgan fingerprint density at radius 3 is 2.73 bits per heavy atom. The number of carbonyl (C=O) groups excluding carboxylic acids is 1. The van der Waals surface area contributed by atoms with E-state index < -0.39 is 21.5 Å². The van der Waals surface area contributed by atoms with Gasteiger partial charge >= 0.3 is 0 Å². The number of nitrogens with zero attached hydrogens (tertiary/aromatic N) is 2. The average molecular weight is 698 g/mol. The van der Waals surface area contributed by atoms with Crippen LogP contribution in [0.1, 0.15) is 61.6 Å². The van der Waals surface area contributed by atoms with Crippen LogP contribution < -0.4 is 14.4 Å². The minimum atomic E-state index is -3.96. The van der Waals surface area contributed by atoms with Gasteiger partial charge in [0.05, 0.1) is 24.7 Å². The molecule has 1 fully saturated rings. The molecular weight excluding hydrogens is 650 g/mol. The second-order valence-electron chi connectivity index (χ2n) is 14.3. The van der Waals surface area contributed by atoms with Gasteiger partial charge in [-0.3, -0.25) is 9.52 Å². The van der Waals surface area contributed by atoms with Gasteiger partial charge in [0.15, 0.2) is 5.60 Å². The molecule has 0 aromatic heterocycles. The van der Waals surface area contributed by atoms with Crippen LogP contribution in [0.4, 0.5) is 5.69 Å². The molecule has 5 atom stereocenters. The van der Waals surface area contributed by atoms with Crippen molar-refractivity contribution in [1.82, 2.24) is 9.62 Å². The minimum Gasteiger partial charge on any atom is -0.490 e. The van der Waals surface area contributed by atoms with Crippen molar-refractivity contribution in [2.75, 3.05) is 51.6 Å². The first-order chi connectivity index (χ1) is 22.8. The second kappa shape index (κ2) is 13.7. The number of ether oxygens (including phenoxy) is 2. The smallest absolute Gasteiger partial charge is 0.270 e. The van der Waals surface area contributed by atoms with E-state index in [1.165, 1.54) is 11.1 Å². The van der Waals surface area contributed by atoms with Gasteiger partial charge < -0.3 is 24.4 Å². The average Bonchev–Trinajstić information content (AvgIpc) is 3.17. The zero-order valence-corrected chi connectivity index (χ0v) is 29.8. The SMILES string of the molecule is C=C1C[C@@](O)(C(=O)NS(C)(=O)=O)c2ccc3c(c2)N(C[C@@H]2CC[C@H]2[C@@H](OC)/C=C/CCCN1C)C[C@@]1(CCCc2cc(Cl)ccc21)CO3. The van der Waals surface area contributed by atoms with Crippen molar-refractivity contribution in [2.24, 2.45) is 11.8 Å². The van der Waals surface area contributed by atoms with E-state index >= 15 is 0 Å². The van der Waals surface area contributed by atoms with Gasteiger partial charge in [0.2, 0.25) is 10.0 Å². The van der Waals surface area contributed by atoms with Crippen LogP contribution in [0.5, 0.6) is 5.75 Å². The van der Waals surface area contributed by atoms with Crippen molar-refractivity contribution in [1.29, 1.82) is 0 Å². The number of hydrogen-bond donors (Lipinski definition) is 2. The topological polar surface area (TPSA) is 108 Å². The summed E-state index contributed by atoms with van der Waals surface area (Å²) in [6, 6.07) is 11.5. The number of halogens is 1. The highest BCUT2D eigenvalue weighted by atomic mass is 35.5. The van der Waals surface area contributed by atoms with E-state index in [0.29, 0.717) is 43.0 Å². The number of benzene rings is 2. The van der Waals surface area contributed by atoms with Crippen molar-refractivity contribution in [3.05, 3.63) is 82.5 Å². The fraction of sp³-hybridized carbons (Fsp3) is 0.541. The Morgan fingerprint density at radius 1 is 1.19 bits per heavy atom. The lowest BCUT2D eigenvalue weighted by Gasteiger charge is -2.46. The molecule has 2 aromatic carbocycles. The summed E-state index contributed by atoms with van der Waals surface area (Å²) >= 11 is 6.45. The van der Waals surface area contributed by atoms with E-state index in [0.717, 1.165) is 68.5 Å². The summed E-state index contributed by atoms with van der Waals surface area (Å²) in [5, 5.41) is 13.0. The number of anilines is 1. The molecule has 48 heavy (non-hydrogen) atoms. The number of aliphatic hydroxyl groups is 1. The first kappa shape index (κ1) is 34.8. The van der Waals surface area contributed by atoms with Crippen LogP contribution in [0.15, 0.2) is 60.8 Å². The highest BCUT2D eigenvalue weighted by Gasteiger charge is 2.46. The predicted molar refractivity (Wildman–Crippen MR) is 189 cm³/mol. The molecule has 260 valence electrons. The van der Waals surface area contributed by atoms with Crippen molar-refractivity contribution < 1.29 is 27.8 Å². The van der Waals surface area contributed by atoms with Gasteiger partial charge in [0.25, 0.3) is 5.91 Å². The molecule has 2 aromatic rings. The Kier molecular flexibility index (Phi) is 9.93. The second-order valence-corrected chi connectivity index (χ2v) is 16.5. The maximum atomic E-state index is 13.7. The number of hydrogen-bond acceptors (Lipinski definition) is 8. The van der Waals surface area contributed by atoms with Gasteiger partial charge in [-0.05, 0) is 97.7 Å². The van der Waals surface area contributed by atoms with E-state index in [2.05, 4.69) is 35.8 Å². The number of allylic oxidation sites excluding steroid dienone is 1. The molecule has 2 aliphatic carbocycles. The lowest BCUT2D eigenvalue weighted by atomic mass is 9.68. The van der Waals surface area contributed by atoms with Crippen LogP contribution in [0.25, 0.3) is 0 Å². The molecule has 4 aliphatic rings. The number of fused-ring (bicyclic) bond motifs is 4. The molecule has 2 heterocycles. The van der Waals surface area contributed by atoms with Gasteiger partial charge in [-0.15, -0.1) is 0 Å². The number of carbonyl (C=O) groups is 1. The molecule has 11 heteroatoms. The zero-order valence-electron chi connectivity index (χ0n) is 28.2. The van der Waals surface area contributed by atoms with E-state index in [1.807, 2.05) is 28.8 Å². The minimum absolute atomic E-state index is 0.0115. The third-order valence-electron chi connectivity index (χ3n) is 11.0. The van der Waals surface area contributed by atoms with E-state index in [9.17, 15) is 18.3 Å². The van der Waals surface area contributed by atoms with Crippen LogP contribution in [-0.4, -0.2) is 77.1 Å². The largest absolute Gasteiger partial charge is 0.490 e. The summed E-state index contributed by atoms with van der Waals surface area (Å²) in [5.74, 6) is 0.355. The number of rotatable bonds is 3. The van der Waals surface area contributed by atoms with Gasteiger partial charge in [-0.25, -0.2) is 8.42 Å². The number of methoxy groups -OCH3 is 1.